The molecule has 1 aromatic heterocycles. The first kappa shape index (κ1) is 13.0. The predicted molar refractivity (Wildman–Crippen MR) is 84.0 cm³/mol. The fraction of sp³-hybridized carbons (Fsp3) is 0.188. The van der Waals surface area contributed by atoms with Gasteiger partial charge in [0.25, 0.3) is 0 Å². The quantitative estimate of drug-likeness (QED) is 0.795. The normalized spacial score (nSPS) is 11.1. The molecule has 4 heteroatoms. The summed E-state index contributed by atoms with van der Waals surface area (Å²) in [5.41, 5.74) is 10.5. The topological polar surface area (TPSA) is 43.8 Å². The van der Waals surface area contributed by atoms with Gasteiger partial charge >= 0.3 is 0 Å². The van der Waals surface area contributed by atoms with E-state index in [0.29, 0.717) is 11.0 Å². The molecule has 0 spiro atoms. The van der Waals surface area contributed by atoms with Crippen LogP contribution < -0.4 is 5.73 Å². The average molecular weight is 286 g/mol. The molecule has 3 aromatic rings. The van der Waals surface area contributed by atoms with Gasteiger partial charge in [-0.15, -0.1) is 0 Å². The van der Waals surface area contributed by atoms with Gasteiger partial charge < -0.3 is 10.3 Å². The van der Waals surface area contributed by atoms with E-state index in [1.165, 1.54) is 11.1 Å². The van der Waals surface area contributed by atoms with Crippen molar-refractivity contribution in [2.75, 3.05) is 5.73 Å². The van der Waals surface area contributed by atoms with Crippen LogP contribution in [0.3, 0.4) is 0 Å². The molecule has 0 atom stereocenters. The van der Waals surface area contributed by atoms with E-state index in [9.17, 15) is 0 Å². The monoisotopic (exact) mass is 285 g/mol. The number of rotatable bonds is 3. The minimum atomic E-state index is 0.537. The molecule has 102 valence electrons. The number of halogens is 1. The lowest BCUT2D eigenvalue weighted by atomic mass is 10.1. The van der Waals surface area contributed by atoms with Crippen LogP contribution in [0.2, 0.25) is 5.02 Å². The number of hydrogen-bond acceptors (Lipinski definition) is 2. The SMILES string of the molecule is Cc1cccc(CCn2c(N)nc3cc(Cl)ccc32)c1. The second kappa shape index (κ2) is 5.17. The van der Waals surface area contributed by atoms with E-state index in [2.05, 4.69) is 36.2 Å². The Morgan fingerprint density at radius 3 is 2.85 bits per heavy atom. The molecular formula is C16H16ClN3. The molecule has 0 aliphatic rings. The zero-order valence-corrected chi connectivity index (χ0v) is 12.1. The van der Waals surface area contributed by atoms with E-state index in [1.54, 1.807) is 0 Å². The van der Waals surface area contributed by atoms with Crippen molar-refractivity contribution in [2.24, 2.45) is 0 Å². The lowest BCUT2D eigenvalue weighted by Gasteiger charge is -2.07. The summed E-state index contributed by atoms with van der Waals surface area (Å²) in [6, 6.07) is 14.2. The van der Waals surface area contributed by atoms with Crippen molar-refractivity contribution in [1.82, 2.24) is 9.55 Å². The molecule has 0 saturated carbocycles. The predicted octanol–water partition coefficient (Wildman–Crippen LogP) is 3.82. The van der Waals surface area contributed by atoms with Crippen molar-refractivity contribution in [1.29, 1.82) is 0 Å². The van der Waals surface area contributed by atoms with Gasteiger partial charge in [-0.05, 0) is 37.1 Å². The van der Waals surface area contributed by atoms with Crippen LogP contribution in [0, 0.1) is 6.92 Å². The number of aromatic nitrogens is 2. The Labute approximate surface area is 123 Å². The Morgan fingerprint density at radius 2 is 2.05 bits per heavy atom. The number of imidazole rings is 1. The van der Waals surface area contributed by atoms with E-state index in [1.807, 2.05) is 22.8 Å². The zero-order valence-electron chi connectivity index (χ0n) is 11.3. The summed E-state index contributed by atoms with van der Waals surface area (Å²) in [5.74, 6) is 0.537. The molecule has 3 rings (SSSR count). The number of nitrogens with two attached hydrogens (primary N) is 1. The van der Waals surface area contributed by atoms with Crippen molar-refractivity contribution in [3.05, 3.63) is 58.6 Å². The van der Waals surface area contributed by atoms with E-state index < -0.39 is 0 Å². The maximum absolute atomic E-state index is 6.01. The molecule has 1 heterocycles. The van der Waals surface area contributed by atoms with E-state index in [0.717, 1.165) is 24.0 Å². The standard InChI is InChI=1S/C16H16ClN3/c1-11-3-2-4-12(9-11)7-8-20-15-6-5-13(17)10-14(15)19-16(20)18/h2-6,9-10H,7-8H2,1H3,(H2,18,19). The van der Waals surface area contributed by atoms with Gasteiger partial charge in [0.05, 0.1) is 11.0 Å². The highest BCUT2D eigenvalue weighted by Gasteiger charge is 2.08. The number of fused-ring (bicyclic) bond motifs is 1. The van der Waals surface area contributed by atoms with Crippen LogP contribution in [-0.2, 0) is 13.0 Å². The molecule has 0 bridgehead atoms. The summed E-state index contributed by atoms with van der Waals surface area (Å²) < 4.78 is 2.04. The van der Waals surface area contributed by atoms with Gasteiger partial charge in [0.1, 0.15) is 0 Å². The van der Waals surface area contributed by atoms with E-state index >= 15 is 0 Å². The maximum atomic E-state index is 6.01. The summed E-state index contributed by atoms with van der Waals surface area (Å²) in [4.78, 5) is 4.36. The highest BCUT2D eigenvalue weighted by molar-refractivity contribution is 6.31. The van der Waals surface area contributed by atoms with Crippen molar-refractivity contribution in [3.63, 3.8) is 0 Å². The number of anilines is 1. The van der Waals surface area contributed by atoms with Crippen LogP contribution in [0.5, 0.6) is 0 Å². The second-order valence-corrected chi connectivity index (χ2v) is 5.43. The Bertz CT molecular complexity index is 762. The Kier molecular flexibility index (Phi) is 3.36. The number of hydrogen-bond donors (Lipinski definition) is 1. The molecule has 0 saturated heterocycles. The average Bonchev–Trinajstić information content (AvgIpc) is 2.71. The third-order valence-corrected chi connectivity index (χ3v) is 3.68. The van der Waals surface area contributed by atoms with Crippen molar-refractivity contribution < 1.29 is 0 Å². The van der Waals surface area contributed by atoms with Crippen LogP contribution in [-0.4, -0.2) is 9.55 Å². The third-order valence-electron chi connectivity index (χ3n) is 3.45. The summed E-state index contributed by atoms with van der Waals surface area (Å²) in [5, 5.41) is 0.681. The van der Waals surface area contributed by atoms with Gasteiger partial charge in [0.2, 0.25) is 5.95 Å². The minimum absolute atomic E-state index is 0.537. The van der Waals surface area contributed by atoms with Crippen molar-refractivity contribution in [2.45, 2.75) is 19.9 Å². The summed E-state index contributed by atoms with van der Waals surface area (Å²) >= 11 is 5.98. The molecule has 0 fully saturated rings. The van der Waals surface area contributed by atoms with Gasteiger partial charge in [-0.1, -0.05) is 41.4 Å². The number of aryl methyl sites for hydroxylation is 3. The van der Waals surface area contributed by atoms with Gasteiger partial charge in [-0.3, -0.25) is 0 Å². The first-order valence-corrected chi connectivity index (χ1v) is 6.98. The van der Waals surface area contributed by atoms with Crippen LogP contribution in [0.25, 0.3) is 11.0 Å². The smallest absolute Gasteiger partial charge is 0.201 e. The minimum Gasteiger partial charge on any atom is -0.369 e. The first-order valence-electron chi connectivity index (χ1n) is 6.60. The molecule has 0 amide bonds. The van der Waals surface area contributed by atoms with Crippen molar-refractivity contribution in [3.8, 4) is 0 Å². The lowest BCUT2D eigenvalue weighted by molar-refractivity contribution is 0.725. The van der Waals surface area contributed by atoms with Crippen LogP contribution >= 0.6 is 11.6 Å². The summed E-state index contributed by atoms with van der Waals surface area (Å²) in [6.07, 6.45) is 0.931. The molecule has 0 aliphatic heterocycles. The molecule has 2 N–H and O–H groups in total. The molecular weight excluding hydrogens is 270 g/mol. The molecule has 20 heavy (non-hydrogen) atoms. The molecule has 0 radical (unpaired) electrons. The zero-order chi connectivity index (χ0) is 14.1. The Hall–Kier alpha value is -2.00. The fourth-order valence-electron chi connectivity index (χ4n) is 2.47. The van der Waals surface area contributed by atoms with Gasteiger partial charge in [0.15, 0.2) is 0 Å². The highest BCUT2D eigenvalue weighted by Crippen LogP contribution is 2.22. The van der Waals surface area contributed by atoms with Crippen LogP contribution in [0.1, 0.15) is 11.1 Å². The Morgan fingerprint density at radius 1 is 1.20 bits per heavy atom. The Balaban J connectivity index is 1.89. The van der Waals surface area contributed by atoms with E-state index in [4.69, 9.17) is 17.3 Å². The largest absolute Gasteiger partial charge is 0.369 e. The second-order valence-electron chi connectivity index (χ2n) is 4.99. The molecule has 3 nitrogen and oxygen atoms in total. The van der Waals surface area contributed by atoms with E-state index in [-0.39, 0.29) is 0 Å². The molecule has 0 aliphatic carbocycles. The third kappa shape index (κ3) is 2.49. The molecule has 0 unspecified atom stereocenters. The maximum Gasteiger partial charge on any atom is 0.201 e. The first-order chi connectivity index (χ1) is 9.63. The lowest BCUT2D eigenvalue weighted by Crippen LogP contribution is -2.05. The number of nitrogens with zero attached hydrogens (tertiary/aromatic N) is 2. The fourth-order valence-corrected chi connectivity index (χ4v) is 2.63. The van der Waals surface area contributed by atoms with Gasteiger partial charge in [-0.25, -0.2) is 4.98 Å². The van der Waals surface area contributed by atoms with Gasteiger partial charge in [-0.2, -0.15) is 0 Å². The highest BCUT2D eigenvalue weighted by atomic mass is 35.5. The summed E-state index contributed by atoms with van der Waals surface area (Å²) in [6.45, 7) is 2.92. The van der Waals surface area contributed by atoms with Gasteiger partial charge in [0, 0.05) is 11.6 Å². The summed E-state index contributed by atoms with van der Waals surface area (Å²) in [7, 11) is 0. The number of nitrogen functional groups attached to an aromatic ring is 1. The van der Waals surface area contributed by atoms with Crippen molar-refractivity contribution >= 4 is 28.6 Å². The molecule has 2 aromatic carbocycles. The van der Waals surface area contributed by atoms with Crippen LogP contribution in [0.15, 0.2) is 42.5 Å². The van der Waals surface area contributed by atoms with Crippen LogP contribution in [0.4, 0.5) is 5.95 Å². The number of benzene rings is 2.